The Morgan fingerprint density at radius 2 is 1.66 bits per heavy atom. The first-order valence-corrected chi connectivity index (χ1v) is 8.70. The summed E-state index contributed by atoms with van der Waals surface area (Å²) >= 11 is 0. The van der Waals surface area contributed by atoms with Crippen molar-refractivity contribution in [1.82, 2.24) is 4.98 Å². The second-order valence-electron chi connectivity index (χ2n) is 6.05. The van der Waals surface area contributed by atoms with E-state index >= 15 is 0 Å². The number of ether oxygens (including phenoxy) is 2. The standard InChI is InChI=1S/C21H17F3N2O3/c22-21(23,24)29-18-7-4-15(5-8-18)6-9-20(27)26-16-2-1-3-19(14-16)28-17-10-12-25-13-11-17/h1-5,7-8,10-14H,6,9H2,(H,26,27). The van der Waals surface area contributed by atoms with Gasteiger partial charge in [0.25, 0.3) is 0 Å². The van der Waals surface area contributed by atoms with Crippen molar-refractivity contribution in [2.75, 3.05) is 5.32 Å². The maximum absolute atomic E-state index is 12.2. The summed E-state index contributed by atoms with van der Waals surface area (Å²) in [4.78, 5) is 16.1. The molecule has 0 saturated heterocycles. The van der Waals surface area contributed by atoms with Crippen LogP contribution in [0, 0.1) is 0 Å². The predicted octanol–water partition coefficient (Wildman–Crippen LogP) is 5.34. The lowest BCUT2D eigenvalue weighted by Crippen LogP contribution is -2.17. The predicted molar refractivity (Wildman–Crippen MR) is 101 cm³/mol. The van der Waals surface area contributed by atoms with Crippen molar-refractivity contribution in [3.8, 4) is 17.2 Å². The summed E-state index contributed by atoms with van der Waals surface area (Å²) in [6.45, 7) is 0. The van der Waals surface area contributed by atoms with E-state index in [1.165, 1.54) is 24.3 Å². The quantitative estimate of drug-likeness (QED) is 0.579. The van der Waals surface area contributed by atoms with Crippen LogP contribution in [0.2, 0.25) is 0 Å². The van der Waals surface area contributed by atoms with Crippen LogP contribution in [0.3, 0.4) is 0 Å². The molecule has 0 atom stereocenters. The van der Waals surface area contributed by atoms with Crippen molar-refractivity contribution in [3.05, 3.63) is 78.6 Å². The zero-order valence-corrected chi connectivity index (χ0v) is 15.1. The van der Waals surface area contributed by atoms with E-state index in [2.05, 4.69) is 15.0 Å². The smallest absolute Gasteiger partial charge is 0.457 e. The van der Waals surface area contributed by atoms with E-state index < -0.39 is 6.36 Å². The average Bonchev–Trinajstić information content (AvgIpc) is 2.67. The lowest BCUT2D eigenvalue weighted by atomic mass is 10.1. The van der Waals surface area contributed by atoms with E-state index in [0.717, 1.165) is 5.56 Å². The van der Waals surface area contributed by atoms with E-state index in [9.17, 15) is 18.0 Å². The Kier molecular flexibility index (Phi) is 6.33. The Bertz CT molecular complexity index is 945. The summed E-state index contributed by atoms with van der Waals surface area (Å²) in [7, 11) is 0. The molecule has 1 heterocycles. The van der Waals surface area contributed by atoms with Crippen molar-refractivity contribution < 1.29 is 27.4 Å². The van der Waals surface area contributed by atoms with Crippen molar-refractivity contribution in [2.24, 2.45) is 0 Å². The summed E-state index contributed by atoms with van der Waals surface area (Å²) in [5.74, 6) is 0.675. The monoisotopic (exact) mass is 402 g/mol. The van der Waals surface area contributed by atoms with Crippen LogP contribution in [0.1, 0.15) is 12.0 Å². The fraction of sp³-hybridized carbons (Fsp3) is 0.143. The number of halogens is 3. The third-order valence-corrected chi connectivity index (χ3v) is 3.80. The number of aromatic nitrogens is 1. The van der Waals surface area contributed by atoms with Crippen LogP contribution in [0.5, 0.6) is 17.2 Å². The summed E-state index contributed by atoms with van der Waals surface area (Å²) in [5, 5.41) is 2.78. The third-order valence-electron chi connectivity index (χ3n) is 3.80. The first-order valence-electron chi connectivity index (χ1n) is 8.70. The van der Waals surface area contributed by atoms with Crippen LogP contribution < -0.4 is 14.8 Å². The van der Waals surface area contributed by atoms with Crippen LogP contribution >= 0.6 is 0 Å². The molecule has 29 heavy (non-hydrogen) atoms. The van der Waals surface area contributed by atoms with E-state index in [4.69, 9.17) is 4.74 Å². The molecule has 5 nitrogen and oxygen atoms in total. The number of rotatable bonds is 7. The topological polar surface area (TPSA) is 60.5 Å². The minimum Gasteiger partial charge on any atom is -0.457 e. The van der Waals surface area contributed by atoms with Crippen LogP contribution in [0.25, 0.3) is 0 Å². The van der Waals surface area contributed by atoms with E-state index in [1.807, 2.05) is 0 Å². The van der Waals surface area contributed by atoms with E-state index in [0.29, 0.717) is 23.6 Å². The Balaban J connectivity index is 1.51. The van der Waals surface area contributed by atoms with Crippen LogP contribution in [0.15, 0.2) is 73.1 Å². The molecule has 3 rings (SSSR count). The molecule has 2 aromatic carbocycles. The lowest BCUT2D eigenvalue weighted by Gasteiger charge is -2.10. The van der Waals surface area contributed by atoms with Crippen molar-refractivity contribution in [3.63, 3.8) is 0 Å². The largest absolute Gasteiger partial charge is 0.573 e. The molecule has 3 aromatic rings. The van der Waals surface area contributed by atoms with E-state index in [1.54, 1.807) is 48.8 Å². The number of nitrogens with one attached hydrogen (secondary N) is 1. The van der Waals surface area contributed by atoms with Gasteiger partial charge in [-0.3, -0.25) is 9.78 Å². The summed E-state index contributed by atoms with van der Waals surface area (Å²) in [5.41, 5.74) is 1.31. The molecule has 150 valence electrons. The maximum atomic E-state index is 12.2. The Morgan fingerprint density at radius 1 is 0.931 bits per heavy atom. The minimum atomic E-state index is -4.73. The van der Waals surface area contributed by atoms with Crippen LogP contribution in [-0.4, -0.2) is 17.3 Å². The third kappa shape index (κ3) is 6.84. The van der Waals surface area contributed by atoms with Gasteiger partial charge in [0.15, 0.2) is 0 Å². The number of nitrogens with zero attached hydrogens (tertiary/aromatic N) is 1. The summed E-state index contributed by atoms with van der Waals surface area (Å²) in [6.07, 6.45) is -0.942. The number of hydrogen-bond acceptors (Lipinski definition) is 4. The van der Waals surface area contributed by atoms with Crippen LogP contribution in [-0.2, 0) is 11.2 Å². The highest BCUT2D eigenvalue weighted by Crippen LogP contribution is 2.24. The van der Waals surface area contributed by atoms with Gasteiger partial charge in [-0.2, -0.15) is 0 Å². The minimum absolute atomic E-state index is 0.176. The number of anilines is 1. The van der Waals surface area contributed by atoms with E-state index in [-0.39, 0.29) is 18.1 Å². The number of carbonyl (C=O) groups is 1. The van der Waals surface area contributed by atoms with Crippen molar-refractivity contribution in [2.45, 2.75) is 19.2 Å². The summed E-state index contributed by atoms with van der Waals surface area (Å²) in [6, 6.07) is 15.8. The summed E-state index contributed by atoms with van der Waals surface area (Å²) < 4.78 is 46.0. The molecule has 0 bridgehead atoms. The van der Waals surface area contributed by atoms with Crippen molar-refractivity contribution in [1.29, 1.82) is 0 Å². The average molecular weight is 402 g/mol. The number of hydrogen-bond donors (Lipinski definition) is 1. The molecule has 8 heteroatoms. The van der Waals surface area contributed by atoms with Gasteiger partial charge in [-0.15, -0.1) is 13.2 Å². The van der Waals surface area contributed by atoms with Gasteiger partial charge in [0.2, 0.25) is 5.91 Å². The van der Waals surface area contributed by atoms with Gasteiger partial charge in [0.1, 0.15) is 17.2 Å². The zero-order valence-electron chi connectivity index (χ0n) is 15.1. The highest BCUT2D eigenvalue weighted by Gasteiger charge is 2.30. The van der Waals surface area contributed by atoms with Gasteiger partial charge in [0.05, 0.1) is 0 Å². The van der Waals surface area contributed by atoms with Gasteiger partial charge in [-0.05, 0) is 48.4 Å². The van der Waals surface area contributed by atoms with Gasteiger partial charge in [-0.1, -0.05) is 18.2 Å². The lowest BCUT2D eigenvalue weighted by molar-refractivity contribution is -0.274. The molecule has 0 fully saturated rings. The molecule has 1 aromatic heterocycles. The number of carbonyl (C=O) groups excluding carboxylic acids is 1. The number of pyridine rings is 1. The first kappa shape index (κ1) is 20.2. The number of alkyl halides is 3. The Labute approximate surface area is 165 Å². The zero-order chi connectivity index (χ0) is 20.7. The van der Waals surface area contributed by atoms with Gasteiger partial charge < -0.3 is 14.8 Å². The molecule has 0 spiro atoms. The molecule has 1 amide bonds. The number of benzene rings is 2. The van der Waals surface area contributed by atoms with Gasteiger partial charge >= 0.3 is 6.36 Å². The fourth-order valence-corrected chi connectivity index (χ4v) is 2.52. The molecular weight excluding hydrogens is 385 g/mol. The number of aryl methyl sites for hydroxylation is 1. The van der Waals surface area contributed by atoms with Gasteiger partial charge in [-0.25, -0.2) is 0 Å². The molecule has 0 aliphatic rings. The first-order chi connectivity index (χ1) is 13.9. The Morgan fingerprint density at radius 3 is 2.34 bits per heavy atom. The maximum Gasteiger partial charge on any atom is 0.573 e. The molecule has 0 radical (unpaired) electrons. The number of amides is 1. The Hall–Kier alpha value is -3.55. The normalized spacial score (nSPS) is 11.0. The van der Waals surface area contributed by atoms with Crippen LogP contribution in [0.4, 0.5) is 18.9 Å². The molecule has 0 unspecified atom stereocenters. The highest BCUT2D eigenvalue weighted by atomic mass is 19.4. The molecular formula is C21H17F3N2O3. The van der Waals surface area contributed by atoms with Crippen molar-refractivity contribution >= 4 is 11.6 Å². The second kappa shape index (κ2) is 9.09. The second-order valence-corrected chi connectivity index (χ2v) is 6.05. The molecule has 0 aliphatic carbocycles. The highest BCUT2D eigenvalue weighted by molar-refractivity contribution is 5.91. The van der Waals surface area contributed by atoms with Gasteiger partial charge in [0, 0.05) is 30.6 Å². The molecule has 0 saturated carbocycles. The fourth-order valence-electron chi connectivity index (χ4n) is 2.52. The SMILES string of the molecule is O=C(CCc1ccc(OC(F)(F)F)cc1)Nc1cccc(Oc2ccncc2)c1. The molecule has 1 N–H and O–H groups in total. The molecule has 0 aliphatic heterocycles.